The summed E-state index contributed by atoms with van der Waals surface area (Å²) in [5.41, 5.74) is 0. The highest BCUT2D eigenvalue weighted by Gasteiger charge is 2.24. The molecule has 1 aliphatic rings. The molecular formula is C10H13S2+. The first kappa shape index (κ1) is 8.52. The lowest BCUT2D eigenvalue weighted by Gasteiger charge is -2.12. The third-order valence-corrected chi connectivity index (χ3v) is 5.86. The fraction of sp³-hybridized carbons (Fsp3) is 0.400. The summed E-state index contributed by atoms with van der Waals surface area (Å²) in [6, 6.07) is 11.0. The lowest BCUT2D eigenvalue weighted by atomic mass is 10.4. The average molecular weight is 197 g/mol. The van der Waals surface area contributed by atoms with Crippen molar-refractivity contribution in [3.05, 3.63) is 30.3 Å². The van der Waals surface area contributed by atoms with Gasteiger partial charge < -0.3 is 0 Å². The van der Waals surface area contributed by atoms with Gasteiger partial charge in [0.15, 0.2) is 4.90 Å². The van der Waals surface area contributed by atoms with Crippen LogP contribution in [0.1, 0.15) is 0 Å². The van der Waals surface area contributed by atoms with E-state index in [2.05, 4.69) is 42.1 Å². The Morgan fingerprint density at radius 3 is 2.33 bits per heavy atom. The minimum absolute atomic E-state index is 0.571. The summed E-state index contributed by atoms with van der Waals surface area (Å²) >= 11 is 2.10. The van der Waals surface area contributed by atoms with Gasteiger partial charge in [-0.05, 0) is 12.1 Å². The number of hydrogen-bond acceptors (Lipinski definition) is 1. The molecule has 2 heteroatoms. The summed E-state index contributed by atoms with van der Waals surface area (Å²) in [4.78, 5) is 1.57. The Labute approximate surface area is 81.1 Å². The van der Waals surface area contributed by atoms with Crippen molar-refractivity contribution in [3.8, 4) is 0 Å². The molecule has 1 fully saturated rings. The van der Waals surface area contributed by atoms with Crippen LogP contribution >= 0.6 is 11.8 Å². The van der Waals surface area contributed by atoms with Crippen molar-refractivity contribution in [3.63, 3.8) is 0 Å². The molecule has 0 amide bonds. The Bertz CT molecular complexity index is 227. The summed E-state index contributed by atoms with van der Waals surface area (Å²) < 4.78 is 0. The van der Waals surface area contributed by atoms with Crippen LogP contribution in [-0.2, 0) is 10.9 Å². The second-order valence-electron chi connectivity index (χ2n) is 2.83. The van der Waals surface area contributed by atoms with E-state index in [4.69, 9.17) is 0 Å². The molecule has 1 aromatic carbocycles. The van der Waals surface area contributed by atoms with Gasteiger partial charge in [-0.2, -0.15) is 11.8 Å². The zero-order valence-electron chi connectivity index (χ0n) is 7.03. The molecular weight excluding hydrogens is 184 g/mol. The van der Waals surface area contributed by atoms with Crippen molar-refractivity contribution in [1.82, 2.24) is 0 Å². The van der Waals surface area contributed by atoms with Crippen molar-refractivity contribution in [2.75, 3.05) is 23.0 Å². The van der Waals surface area contributed by atoms with Gasteiger partial charge in [-0.25, -0.2) is 0 Å². The SMILES string of the molecule is c1ccc([S+]2CCSCC2)cc1. The van der Waals surface area contributed by atoms with Crippen LogP contribution in [-0.4, -0.2) is 23.0 Å². The highest BCUT2D eigenvalue weighted by atomic mass is 32.2. The van der Waals surface area contributed by atoms with E-state index in [-0.39, 0.29) is 0 Å². The first-order valence-electron chi connectivity index (χ1n) is 4.27. The van der Waals surface area contributed by atoms with Gasteiger partial charge in [-0.1, -0.05) is 18.2 Å². The standard InChI is InChI=1S/C10H13S2/c1-2-4-10(5-3-1)12-8-6-11-7-9-12/h1-5H,6-9H2/q+1. The molecule has 0 saturated carbocycles. The van der Waals surface area contributed by atoms with Crippen molar-refractivity contribution < 1.29 is 0 Å². The second kappa shape index (κ2) is 4.24. The van der Waals surface area contributed by atoms with Crippen molar-refractivity contribution in [2.45, 2.75) is 4.90 Å². The fourth-order valence-corrected chi connectivity index (χ4v) is 5.35. The van der Waals surface area contributed by atoms with Crippen molar-refractivity contribution in [2.24, 2.45) is 0 Å². The molecule has 0 aliphatic carbocycles. The molecule has 1 saturated heterocycles. The third-order valence-electron chi connectivity index (χ3n) is 2.02. The molecule has 0 N–H and O–H groups in total. The highest BCUT2D eigenvalue weighted by molar-refractivity contribution is 8.05. The number of benzene rings is 1. The Morgan fingerprint density at radius 2 is 1.67 bits per heavy atom. The maximum absolute atomic E-state index is 2.28. The van der Waals surface area contributed by atoms with Gasteiger partial charge >= 0.3 is 0 Å². The zero-order chi connectivity index (χ0) is 8.23. The van der Waals surface area contributed by atoms with Crippen LogP contribution < -0.4 is 0 Å². The van der Waals surface area contributed by atoms with E-state index in [9.17, 15) is 0 Å². The van der Waals surface area contributed by atoms with Gasteiger partial charge in [0.25, 0.3) is 0 Å². The molecule has 0 radical (unpaired) electrons. The molecule has 1 heterocycles. The molecule has 0 unspecified atom stereocenters. The summed E-state index contributed by atoms with van der Waals surface area (Å²) in [5, 5.41) is 0. The normalized spacial score (nSPS) is 19.3. The molecule has 2 rings (SSSR count). The first-order chi connectivity index (χ1) is 5.97. The Balaban J connectivity index is 2.08. The maximum atomic E-state index is 2.28. The van der Waals surface area contributed by atoms with Crippen LogP contribution in [0.25, 0.3) is 0 Å². The van der Waals surface area contributed by atoms with Crippen LogP contribution in [0, 0.1) is 0 Å². The molecule has 12 heavy (non-hydrogen) atoms. The molecule has 64 valence electrons. The lowest BCUT2D eigenvalue weighted by molar-refractivity contribution is 1.33. The average Bonchev–Trinajstić information content (AvgIpc) is 2.21. The minimum atomic E-state index is 0.571. The van der Waals surface area contributed by atoms with Crippen molar-refractivity contribution in [1.29, 1.82) is 0 Å². The topological polar surface area (TPSA) is 0 Å². The van der Waals surface area contributed by atoms with Gasteiger partial charge in [0.2, 0.25) is 0 Å². The van der Waals surface area contributed by atoms with Crippen LogP contribution in [0.3, 0.4) is 0 Å². The van der Waals surface area contributed by atoms with E-state index in [0.29, 0.717) is 10.9 Å². The van der Waals surface area contributed by atoms with Gasteiger partial charge in [-0.15, -0.1) is 0 Å². The lowest BCUT2D eigenvalue weighted by Crippen LogP contribution is -2.20. The van der Waals surface area contributed by atoms with Crippen LogP contribution in [0.2, 0.25) is 0 Å². The molecule has 1 aromatic rings. The quantitative estimate of drug-likeness (QED) is 0.623. The smallest absolute Gasteiger partial charge is 0.152 e. The number of thioether (sulfide) groups is 1. The predicted molar refractivity (Wildman–Crippen MR) is 59.1 cm³/mol. The van der Waals surface area contributed by atoms with Gasteiger partial charge in [0.1, 0.15) is 11.5 Å². The highest BCUT2D eigenvalue weighted by Crippen LogP contribution is 2.20. The van der Waals surface area contributed by atoms with Crippen LogP contribution in [0.5, 0.6) is 0 Å². The molecule has 0 bridgehead atoms. The summed E-state index contributed by atoms with van der Waals surface area (Å²) in [6.07, 6.45) is 0. The molecule has 0 nitrogen and oxygen atoms in total. The largest absolute Gasteiger partial charge is 0.154 e. The monoisotopic (exact) mass is 197 g/mol. The summed E-state index contributed by atoms with van der Waals surface area (Å²) in [5.74, 6) is 5.51. The van der Waals surface area contributed by atoms with Gasteiger partial charge in [0.05, 0.1) is 0 Å². The molecule has 1 aliphatic heterocycles. The zero-order valence-corrected chi connectivity index (χ0v) is 8.66. The minimum Gasteiger partial charge on any atom is -0.152 e. The summed E-state index contributed by atoms with van der Waals surface area (Å²) in [6.45, 7) is 0. The van der Waals surface area contributed by atoms with Crippen LogP contribution in [0.4, 0.5) is 0 Å². The van der Waals surface area contributed by atoms with E-state index in [1.807, 2.05) is 0 Å². The molecule has 0 spiro atoms. The Morgan fingerprint density at radius 1 is 1.00 bits per heavy atom. The Kier molecular flexibility index (Phi) is 3.01. The van der Waals surface area contributed by atoms with Crippen LogP contribution in [0.15, 0.2) is 35.2 Å². The maximum Gasteiger partial charge on any atom is 0.154 e. The van der Waals surface area contributed by atoms with E-state index >= 15 is 0 Å². The fourth-order valence-electron chi connectivity index (χ4n) is 1.37. The third kappa shape index (κ3) is 1.99. The first-order valence-corrected chi connectivity index (χ1v) is 6.99. The number of hydrogen-bond donors (Lipinski definition) is 0. The Hall–Kier alpha value is -0.0800. The molecule has 0 atom stereocenters. The van der Waals surface area contributed by atoms with E-state index in [0.717, 1.165) is 0 Å². The summed E-state index contributed by atoms with van der Waals surface area (Å²) in [7, 11) is 0.571. The van der Waals surface area contributed by atoms with E-state index < -0.39 is 0 Å². The second-order valence-corrected chi connectivity index (χ2v) is 6.32. The van der Waals surface area contributed by atoms with E-state index in [1.165, 1.54) is 23.0 Å². The van der Waals surface area contributed by atoms with Gasteiger partial charge in [-0.3, -0.25) is 0 Å². The number of rotatable bonds is 1. The van der Waals surface area contributed by atoms with Gasteiger partial charge in [0, 0.05) is 22.4 Å². The van der Waals surface area contributed by atoms with Crippen molar-refractivity contribution >= 4 is 22.7 Å². The predicted octanol–water partition coefficient (Wildman–Crippen LogP) is 2.41. The molecule has 0 aromatic heterocycles. The van der Waals surface area contributed by atoms with E-state index in [1.54, 1.807) is 4.90 Å².